The summed E-state index contributed by atoms with van der Waals surface area (Å²) >= 11 is 0. The second-order valence-electron chi connectivity index (χ2n) is 7.91. The molecule has 0 bridgehead atoms. The first-order valence-electron chi connectivity index (χ1n) is 11.9. The molecule has 0 radical (unpaired) electrons. The van der Waals surface area contributed by atoms with E-state index in [1.165, 1.54) is 37.2 Å². The summed E-state index contributed by atoms with van der Waals surface area (Å²) in [5.74, 6) is 0. The van der Waals surface area contributed by atoms with Crippen molar-refractivity contribution in [2.45, 2.75) is 45.4 Å². The fourth-order valence-electron chi connectivity index (χ4n) is 3.55. The van der Waals surface area contributed by atoms with Crippen LogP contribution in [0, 0.1) is 56.7 Å². The first-order chi connectivity index (χ1) is 16.1. The normalized spacial score (nSPS) is 13.1. The van der Waals surface area contributed by atoms with E-state index in [1.54, 1.807) is 0 Å². The molecule has 33 heavy (non-hydrogen) atoms. The Morgan fingerprint density at radius 2 is 0.576 bits per heavy atom. The predicted octanol–water partition coefficient (Wildman–Crippen LogP) is 6.89. The van der Waals surface area contributed by atoms with E-state index in [2.05, 4.69) is 37.3 Å². The second kappa shape index (κ2) is 24.3. The van der Waals surface area contributed by atoms with Gasteiger partial charge in [0.15, 0.2) is 0 Å². The van der Waals surface area contributed by atoms with Crippen LogP contribution in [0.1, 0.15) is 45.4 Å². The highest BCUT2D eigenvalue weighted by atomic mass is 31.1. The summed E-state index contributed by atoms with van der Waals surface area (Å²) in [4.78, 5) is 0. The number of nitriles is 5. The van der Waals surface area contributed by atoms with Crippen molar-refractivity contribution in [3.05, 3.63) is 0 Å². The highest BCUT2D eigenvalue weighted by molar-refractivity contribution is 7.64. The predicted molar refractivity (Wildman–Crippen MR) is 148 cm³/mol. The summed E-state index contributed by atoms with van der Waals surface area (Å²) < 4.78 is 0. The molecule has 3 unspecified atom stereocenters. The Hall–Kier alpha value is -0.830. The van der Waals surface area contributed by atoms with Gasteiger partial charge in [0.25, 0.3) is 0 Å². The summed E-state index contributed by atoms with van der Waals surface area (Å²) in [7, 11) is -0.657. The molecule has 0 aliphatic heterocycles. The van der Waals surface area contributed by atoms with Crippen molar-refractivity contribution < 1.29 is 0 Å². The lowest BCUT2D eigenvalue weighted by atomic mass is 10.5. The van der Waals surface area contributed by atoms with Crippen molar-refractivity contribution >= 4 is 31.7 Å². The van der Waals surface area contributed by atoms with Gasteiger partial charge in [0, 0.05) is 32.1 Å². The largest absolute Gasteiger partial charge is 0.198 e. The molecule has 0 heterocycles. The van der Waals surface area contributed by atoms with E-state index in [1.807, 2.05) is 0 Å². The maximum atomic E-state index is 9.13. The number of nitrogens with zero attached hydrogens (tertiary/aromatic N) is 5. The number of hydrogen-bond acceptors (Lipinski definition) is 5. The molecule has 0 aliphatic carbocycles. The van der Waals surface area contributed by atoms with Gasteiger partial charge in [-0.2, -0.15) is 26.3 Å². The Kier molecular flexibility index (Phi) is 23.7. The Labute approximate surface area is 207 Å². The lowest BCUT2D eigenvalue weighted by Crippen LogP contribution is -2.07. The minimum Gasteiger partial charge on any atom is -0.198 e. The summed E-state index contributed by atoms with van der Waals surface area (Å²) in [5.41, 5.74) is 0. The molecule has 3 atom stereocenters. The van der Waals surface area contributed by atoms with Crippen LogP contribution in [0.2, 0.25) is 0 Å². The molecule has 9 heteroatoms. The molecular formula is C24H39N5P4. The van der Waals surface area contributed by atoms with E-state index in [0.29, 0.717) is 32.1 Å². The summed E-state index contributed by atoms with van der Waals surface area (Å²) in [6, 6.07) is 11.5. The van der Waals surface area contributed by atoms with Crippen LogP contribution in [0.5, 0.6) is 0 Å². The number of hydrogen-bond donors (Lipinski definition) is 0. The highest BCUT2D eigenvalue weighted by Crippen LogP contribution is 2.49. The van der Waals surface area contributed by atoms with Gasteiger partial charge < -0.3 is 0 Å². The quantitative estimate of drug-likeness (QED) is 0.152. The van der Waals surface area contributed by atoms with Gasteiger partial charge in [-0.15, -0.1) is 31.7 Å². The third-order valence-corrected chi connectivity index (χ3v) is 17.0. The van der Waals surface area contributed by atoms with Gasteiger partial charge in [0.05, 0.1) is 30.3 Å². The topological polar surface area (TPSA) is 119 Å². The van der Waals surface area contributed by atoms with Gasteiger partial charge in [-0.1, -0.05) is 13.3 Å². The van der Waals surface area contributed by atoms with E-state index < -0.39 is 0 Å². The third kappa shape index (κ3) is 19.2. The van der Waals surface area contributed by atoms with Crippen molar-refractivity contribution in [3.8, 4) is 30.3 Å². The van der Waals surface area contributed by atoms with Gasteiger partial charge in [-0.25, -0.2) is 0 Å². The van der Waals surface area contributed by atoms with Gasteiger partial charge in [-0.05, 0) is 73.9 Å². The average Bonchev–Trinajstić information content (AvgIpc) is 2.83. The fraction of sp³-hybridized carbons (Fsp3) is 0.792. The van der Waals surface area contributed by atoms with E-state index >= 15 is 0 Å². The maximum absolute atomic E-state index is 9.13. The molecule has 0 aliphatic rings. The van der Waals surface area contributed by atoms with Crippen LogP contribution in [-0.4, -0.2) is 73.9 Å². The SMILES string of the molecule is CCCP(CCC#N)CCP(CCC#N)CCP(CCC#N)CCP(CCC#N)CCC#N. The van der Waals surface area contributed by atoms with Gasteiger partial charge >= 0.3 is 0 Å². The third-order valence-electron chi connectivity index (χ3n) is 5.44. The zero-order chi connectivity index (χ0) is 24.6. The molecule has 0 aromatic heterocycles. The molecule has 0 aromatic carbocycles. The zero-order valence-electron chi connectivity index (χ0n) is 20.3. The van der Waals surface area contributed by atoms with E-state index in [0.717, 1.165) is 43.1 Å². The fourth-order valence-corrected chi connectivity index (χ4v) is 15.7. The van der Waals surface area contributed by atoms with Crippen LogP contribution in [0.3, 0.4) is 0 Å². The Bertz CT molecular complexity index is 680. The van der Waals surface area contributed by atoms with Crippen molar-refractivity contribution in [2.75, 3.05) is 73.9 Å². The Morgan fingerprint density at radius 3 is 0.788 bits per heavy atom. The first kappa shape index (κ1) is 32.2. The number of rotatable bonds is 21. The van der Waals surface area contributed by atoms with E-state index in [-0.39, 0.29) is 31.7 Å². The van der Waals surface area contributed by atoms with Crippen molar-refractivity contribution in [3.63, 3.8) is 0 Å². The standard InChI is InChI=1S/C24H39N5P4/c1-2-13-30(14-3-8-25)19-21-32(17-6-11-28)23-24-33(18-7-12-29)22-20-31(15-4-9-26)16-5-10-27/h2-7,13-24H2,1H3. The molecule has 5 nitrogen and oxygen atoms in total. The second-order valence-corrected chi connectivity index (χ2v) is 18.6. The minimum absolute atomic E-state index is 0.0541. The summed E-state index contributed by atoms with van der Waals surface area (Å²) in [6.07, 6.45) is 17.6. The zero-order valence-corrected chi connectivity index (χ0v) is 23.8. The lowest BCUT2D eigenvalue weighted by molar-refractivity contribution is 1.08. The molecule has 180 valence electrons. The van der Waals surface area contributed by atoms with Crippen molar-refractivity contribution in [1.82, 2.24) is 0 Å². The maximum Gasteiger partial charge on any atom is 0.0625 e. The lowest BCUT2D eigenvalue weighted by Gasteiger charge is -2.25. The van der Waals surface area contributed by atoms with Crippen molar-refractivity contribution in [2.24, 2.45) is 0 Å². The summed E-state index contributed by atoms with van der Waals surface area (Å²) in [6.45, 7) is 2.23. The van der Waals surface area contributed by atoms with Crippen LogP contribution in [0.25, 0.3) is 0 Å². The first-order valence-corrected chi connectivity index (χ1v) is 19.5. The molecule has 0 aromatic rings. The van der Waals surface area contributed by atoms with E-state index in [9.17, 15) is 0 Å². The van der Waals surface area contributed by atoms with E-state index in [4.69, 9.17) is 26.3 Å². The van der Waals surface area contributed by atoms with Gasteiger partial charge in [0.1, 0.15) is 0 Å². The van der Waals surface area contributed by atoms with Gasteiger partial charge in [0.2, 0.25) is 0 Å². The molecule has 0 N–H and O–H groups in total. The Balaban J connectivity index is 4.88. The molecule has 0 saturated heterocycles. The van der Waals surface area contributed by atoms with Crippen LogP contribution in [0.4, 0.5) is 0 Å². The smallest absolute Gasteiger partial charge is 0.0625 e. The van der Waals surface area contributed by atoms with Crippen LogP contribution in [0.15, 0.2) is 0 Å². The molecule has 0 spiro atoms. The average molecular weight is 522 g/mol. The molecule has 0 saturated carbocycles. The van der Waals surface area contributed by atoms with Gasteiger partial charge in [-0.3, -0.25) is 0 Å². The van der Waals surface area contributed by atoms with Crippen LogP contribution < -0.4 is 0 Å². The summed E-state index contributed by atoms with van der Waals surface area (Å²) in [5, 5.41) is 45.1. The molecular weight excluding hydrogens is 482 g/mol. The minimum atomic E-state index is -0.254. The monoisotopic (exact) mass is 521 g/mol. The van der Waals surface area contributed by atoms with Crippen LogP contribution in [-0.2, 0) is 0 Å². The highest BCUT2D eigenvalue weighted by Gasteiger charge is 2.17. The molecule has 0 amide bonds. The molecule has 0 fully saturated rings. The Morgan fingerprint density at radius 1 is 0.364 bits per heavy atom. The van der Waals surface area contributed by atoms with Crippen LogP contribution >= 0.6 is 31.7 Å². The van der Waals surface area contributed by atoms with Crippen molar-refractivity contribution in [1.29, 1.82) is 26.3 Å². The molecule has 0 rings (SSSR count).